The Hall–Kier alpha value is -1.14. The van der Waals surface area contributed by atoms with Gasteiger partial charge in [-0.1, -0.05) is 13.0 Å². The second-order valence-electron chi connectivity index (χ2n) is 4.95. The summed E-state index contributed by atoms with van der Waals surface area (Å²) in [6, 6.07) is 0.544. The van der Waals surface area contributed by atoms with Crippen LogP contribution >= 0.6 is 15.9 Å². The minimum absolute atomic E-state index is 0.131. The van der Waals surface area contributed by atoms with E-state index in [1.54, 1.807) is 12.3 Å². The minimum Gasteiger partial charge on any atom is -0.381 e. The Morgan fingerprint density at radius 1 is 1.65 bits per heavy atom. The van der Waals surface area contributed by atoms with E-state index in [2.05, 4.69) is 44.7 Å². The molecule has 20 heavy (non-hydrogen) atoms. The first-order chi connectivity index (χ1) is 9.67. The lowest BCUT2D eigenvalue weighted by Crippen LogP contribution is -2.35. The van der Waals surface area contributed by atoms with E-state index in [1.165, 1.54) is 24.1 Å². The van der Waals surface area contributed by atoms with Gasteiger partial charge >= 0.3 is 0 Å². The van der Waals surface area contributed by atoms with Crippen LogP contribution in [0.3, 0.4) is 0 Å². The van der Waals surface area contributed by atoms with Gasteiger partial charge in [0.15, 0.2) is 0 Å². The zero-order valence-electron chi connectivity index (χ0n) is 11.8. The molecule has 1 aromatic rings. The summed E-state index contributed by atoms with van der Waals surface area (Å²) in [5.74, 6) is 0. The van der Waals surface area contributed by atoms with Crippen LogP contribution in [0.5, 0.6) is 0 Å². The molecule has 1 N–H and O–H groups in total. The van der Waals surface area contributed by atoms with Crippen LogP contribution in [0, 0.1) is 0 Å². The van der Waals surface area contributed by atoms with Crippen LogP contribution in [0.25, 0.3) is 0 Å². The van der Waals surface area contributed by atoms with Crippen LogP contribution in [0.2, 0.25) is 0 Å². The van der Waals surface area contributed by atoms with Crippen LogP contribution in [0.1, 0.15) is 19.8 Å². The zero-order valence-corrected chi connectivity index (χ0v) is 13.4. The first-order valence-electron chi connectivity index (χ1n) is 7.01. The standard InChI is InChI=1S/C14H21BrN4O/c1-3-7-19-14(20)13(15)12(10-17-19)16-9-11-6-5-8-18(11)4-2/h3,10-11,16H,1,4-9H2,2H3. The van der Waals surface area contributed by atoms with E-state index in [1.807, 2.05) is 0 Å². The topological polar surface area (TPSA) is 50.2 Å². The highest BCUT2D eigenvalue weighted by molar-refractivity contribution is 9.10. The number of rotatable bonds is 6. The molecule has 6 heteroatoms. The zero-order chi connectivity index (χ0) is 14.5. The van der Waals surface area contributed by atoms with Crippen molar-refractivity contribution in [3.8, 4) is 0 Å². The summed E-state index contributed by atoms with van der Waals surface area (Å²) >= 11 is 3.36. The smallest absolute Gasteiger partial charge is 0.283 e. The van der Waals surface area contributed by atoms with Crippen molar-refractivity contribution in [3.05, 3.63) is 33.7 Å². The molecule has 2 heterocycles. The van der Waals surface area contributed by atoms with Crippen molar-refractivity contribution in [1.82, 2.24) is 14.7 Å². The van der Waals surface area contributed by atoms with E-state index in [0.717, 1.165) is 18.8 Å². The summed E-state index contributed by atoms with van der Waals surface area (Å²) in [5.41, 5.74) is 0.631. The van der Waals surface area contributed by atoms with Gasteiger partial charge in [-0.25, -0.2) is 4.68 Å². The Bertz CT molecular complexity index is 528. The summed E-state index contributed by atoms with van der Waals surface area (Å²) in [6.07, 6.45) is 5.81. The number of likely N-dealkylation sites (N-methyl/N-ethyl adjacent to an activating group) is 1. The van der Waals surface area contributed by atoms with Gasteiger partial charge in [0, 0.05) is 12.6 Å². The molecule has 1 aromatic heterocycles. The number of aromatic nitrogens is 2. The summed E-state index contributed by atoms with van der Waals surface area (Å²) in [4.78, 5) is 14.5. The molecule has 1 atom stereocenters. The van der Waals surface area contributed by atoms with E-state index < -0.39 is 0 Å². The molecular formula is C14H21BrN4O. The van der Waals surface area contributed by atoms with Crippen molar-refractivity contribution in [2.24, 2.45) is 0 Å². The fourth-order valence-corrected chi connectivity index (χ4v) is 3.06. The molecule has 0 amide bonds. The third-order valence-electron chi connectivity index (χ3n) is 3.72. The van der Waals surface area contributed by atoms with Crippen molar-refractivity contribution in [2.75, 3.05) is 25.0 Å². The largest absolute Gasteiger partial charge is 0.381 e. The highest BCUT2D eigenvalue weighted by Crippen LogP contribution is 2.20. The fourth-order valence-electron chi connectivity index (χ4n) is 2.61. The lowest BCUT2D eigenvalue weighted by Gasteiger charge is -2.23. The van der Waals surface area contributed by atoms with Gasteiger partial charge in [-0.2, -0.15) is 5.10 Å². The molecule has 1 aliphatic heterocycles. The maximum absolute atomic E-state index is 12.1. The number of nitrogens with one attached hydrogen (secondary N) is 1. The van der Waals surface area contributed by atoms with Gasteiger partial charge in [-0.05, 0) is 41.9 Å². The summed E-state index contributed by atoms with van der Waals surface area (Å²) in [5, 5.41) is 7.48. The minimum atomic E-state index is -0.131. The predicted octanol–water partition coefficient (Wildman–Crippen LogP) is 2.09. The van der Waals surface area contributed by atoms with Crippen molar-refractivity contribution in [1.29, 1.82) is 0 Å². The third-order valence-corrected chi connectivity index (χ3v) is 4.49. The molecule has 110 valence electrons. The number of hydrogen-bond acceptors (Lipinski definition) is 4. The fraction of sp³-hybridized carbons (Fsp3) is 0.571. The molecule has 5 nitrogen and oxygen atoms in total. The van der Waals surface area contributed by atoms with E-state index in [0.29, 0.717) is 17.1 Å². The van der Waals surface area contributed by atoms with Gasteiger partial charge in [0.05, 0.1) is 18.4 Å². The number of hydrogen-bond donors (Lipinski definition) is 1. The van der Waals surface area contributed by atoms with Crippen molar-refractivity contribution < 1.29 is 0 Å². The van der Waals surface area contributed by atoms with E-state index >= 15 is 0 Å². The number of anilines is 1. The van der Waals surface area contributed by atoms with Gasteiger partial charge in [0.2, 0.25) is 0 Å². The summed E-state index contributed by atoms with van der Waals surface area (Å²) in [7, 11) is 0. The molecule has 0 bridgehead atoms. The highest BCUT2D eigenvalue weighted by atomic mass is 79.9. The van der Waals surface area contributed by atoms with E-state index in [4.69, 9.17) is 0 Å². The molecular weight excluding hydrogens is 320 g/mol. The summed E-state index contributed by atoms with van der Waals surface area (Å²) in [6.45, 7) is 9.32. The van der Waals surface area contributed by atoms with Gasteiger partial charge in [-0.15, -0.1) is 6.58 Å². The maximum Gasteiger partial charge on any atom is 0.283 e. The number of nitrogens with zero attached hydrogens (tertiary/aromatic N) is 3. The average molecular weight is 341 g/mol. The first-order valence-corrected chi connectivity index (χ1v) is 7.81. The van der Waals surface area contributed by atoms with Crippen LogP contribution in [0.4, 0.5) is 5.69 Å². The molecule has 0 saturated carbocycles. The van der Waals surface area contributed by atoms with Gasteiger partial charge in [0.1, 0.15) is 4.47 Å². The van der Waals surface area contributed by atoms with Crippen LogP contribution < -0.4 is 10.9 Å². The number of allylic oxidation sites excluding steroid dienone is 1. The molecule has 0 spiro atoms. The predicted molar refractivity (Wildman–Crippen MR) is 85.2 cm³/mol. The normalized spacial score (nSPS) is 19.2. The average Bonchev–Trinajstić information content (AvgIpc) is 2.91. The quantitative estimate of drug-likeness (QED) is 0.805. The van der Waals surface area contributed by atoms with Crippen LogP contribution in [-0.2, 0) is 6.54 Å². The lowest BCUT2D eigenvalue weighted by molar-refractivity contribution is 0.277. The number of halogens is 1. The lowest BCUT2D eigenvalue weighted by atomic mass is 10.2. The molecule has 0 aliphatic carbocycles. The molecule has 0 radical (unpaired) electrons. The highest BCUT2D eigenvalue weighted by Gasteiger charge is 2.22. The van der Waals surface area contributed by atoms with E-state index in [-0.39, 0.29) is 5.56 Å². The summed E-state index contributed by atoms with van der Waals surface area (Å²) < 4.78 is 1.92. The Morgan fingerprint density at radius 3 is 3.15 bits per heavy atom. The van der Waals surface area contributed by atoms with E-state index in [9.17, 15) is 4.79 Å². The van der Waals surface area contributed by atoms with Crippen LogP contribution in [0.15, 0.2) is 28.1 Å². The second kappa shape index (κ2) is 7.04. The van der Waals surface area contributed by atoms with Crippen molar-refractivity contribution >= 4 is 21.6 Å². The van der Waals surface area contributed by atoms with Crippen molar-refractivity contribution in [2.45, 2.75) is 32.4 Å². The second-order valence-corrected chi connectivity index (χ2v) is 5.75. The van der Waals surface area contributed by atoms with Gasteiger partial charge in [-0.3, -0.25) is 9.69 Å². The van der Waals surface area contributed by atoms with Crippen LogP contribution in [-0.4, -0.2) is 40.4 Å². The van der Waals surface area contributed by atoms with Gasteiger partial charge < -0.3 is 5.32 Å². The van der Waals surface area contributed by atoms with Crippen molar-refractivity contribution in [3.63, 3.8) is 0 Å². The Labute approximate surface area is 127 Å². The van der Waals surface area contributed by atoms with Gasteiger partial charge in [0.25, 0.3) is 5.56 Å². The number of likely N-dealkylation sites (tertiary alicyclic amines) is 1. The first kappa shape index (κ1) is 15.3. The maximum atomic E-state index is 12.1. The Kier molecular flexibility index (Phi) is 5.37. The molecule has 2 rings (SSSR count). The molecule has 1 unspecified atom stereocenters. The monoisotopic (exact) mass is 340 g/mol. The molecule has 1 fully saturated rings. The molecule has 0 aromatic carbocycles. The Balaban J connectivity index is 2.05. The Morgan fingerprint density at radius 2 is 2.45 bits per heavy atom. The SMILES string of the molecule is C=CCn1ncc(NCC2CCCN2CC)c(Br)c1=O. The molecule has 1 saturated heterocycles. The third kappa shape index (κ3) is 3.30. The molecule has 1 aliphatic rings.